The molecule has 0 bridgehead atoms. The molecule has 0 saturated heterocycles. The molecule has 5 heteroatoms. The van der Waals surface area contributed by atoms with Gasteiger partial charge in [0.25, 0.3) is 5.91 Å². The summed E-state index contributed by atoms with van der Waals surface area (Å²) in [6, 6.07) is 10.1. The Hall–Kier alpha value is -2.56. The van der Waals surface area contributed by atoms with Crippen LogP contribution >= 0.6 is 0 Å². The zero-order valence-corrected chi connectivity index (χ0v) is 17.4. The average molecular weight is 383 g/mol. The highest BCUT2D eigenvalue weighted by atomic mass is 16.5. The number of carbonyl (C=O) groups is 2. The topological polar surface area (TPSA) is 60.3 Å². The number of aromatic nitrogens is 1. The van der Waals surface area contributed by atoms with E-state index in [1.165, 1.54) is 0 Å². The molecule has 1 fully saturated rings. The number of ether oxygens (including phenoxy) is 1. The van der Waals surface area contributed by atoms with Crippen LogP contribution in [-0.4, -0.2) is 22.5 Å². The highest BCUT2D eigenvalue weighted by Gasteiger charge is 2.29. The standard InChI is InChI=1S/C23H30N2O3/c1-6-14(2)19-9-7-8-10-21(19)24-22(26)17(5)28-23(27)20-13-15(3)25(16(20)4)18-11-12-18/h7-10,13-14,17-18H,6,11-12H2,1-5H3,(H,24,26)/t14-,17+/m0/s1. The summed E-state index contributed by atoms with van der Waals surface area (Å²) in [6.45, 7) is 9.80. The summed E-state index contributed by atoms with van der Waals surface area (Å²) in [5.74, 6) is -0.430. The van der Waals surface area contributed by atoms with E-state index in [2.05, 4.69) is 23.7 Å². The van der Waals surface area contributed by atoms with E-state index < -0.39 is 12.1 Å². The molecule has 0 spiro atoms. The van der Waals surface area contributed by atoms with Crippen molar-refractivity contribution in [3.8, 4) is 0 Å². The number of amides is 1. The lowest BCUT2D eigenvalue weighted by Gasteiger charge is -2.18. The summed E-state index contributed by atoms with van der Waals surface area (Å²) < 4.78 is 7.68. The maximum Gasteiger partial charge on any atom is 0.340 e. The summed E-state index contributed by atoms with van der Waals surface area (Å²) in [5.41, 5.74) is 4.39. The van der Waals surface area contributed by atoms with Crippen molar-refractivity contribution < 1.29 is 14.3 Å². The SMILES string of the molecule is CC[C@H](C)c1ccccc1NC(=O)[C@@H](C)OC(=O)c1cc(C)n(C2CC2)c1C. The van der Waals surface area contributed by atoms with E-state index in [-0.39, 0.29) is 5.91 Å². The predicted molar refractivity (Wildman–Crippen MR) is 111 cm³/mol. The number of rotatable bonds is 7. The number of esters is 1. The fourth-order valence-corrected chi connectivity index (χ4v) is 3.65. The van der Waals surface area contributed by atoms with E-state index >= 15 is 0 Å². The van der Waals surface area contributed by atoms with Crippen molar-refractivity contribution in [3.63, 3.8) is 0 Å². The van der Waals surface area contributed by atoms with Crippen LogP contribution < -0.4 is 5.32 Å². The summed E-state index contributed by atoms with van der Waals surface area (Å²) in [4.78, 5) is 25.3. The molecule has 1 aromatic heterocycles. The fourth-order valence-electron chi connectivity index (χ4n) is 3.65. The first-order valence-corrected chi connectivity index (χ1v) is 10.1. The highest BCUT2D eigenvalue weighted by molar-refractivity contribution is 5.98. The quantitative estimate of drug-likeness (QED) is 0.675. The number of anilines is 1. The summed E-state index contributed by atoms with van der Waals surface area (Å²) >= 11 is 0. The van der Waals surface area contributed by atoms with Gasteiger partial charge in [0.2, 0.25) is 0 Å². The number of para-hydroxylation sites is 1. The number of hydrogen-bond donors (Lipinski definition) is 1. The monoisotopic (exact) mass is 382 g/mol. The van der Waals surface area contributed by atoms with Gasteiger partial charge in [-0.1, -0.05) is 32.0 Å². The van der Waals surface area contributed by atoms with Crippen LogP contribution in [0.5, 0.6) is 0 Å². The molecule has 0 unspecified atom stereocenters. The van der Waals surface area contributed by atoms with Crippen molar-refractivity contribution in [1.82, 2.24) is 4.57 Å². The van der Waals surface area contributed by atoms with Gasteiger partial charge >= 0.3 is 5.97 Å². The van der Waals surface area contributed by atoms with Gasteiger partial charge in [0.15, 0.2) is 6.10 Å². The largest absolute Gasteiger partial charge is 0.449 e. The van der Waals surface area contributed by atoms with E-state index in [1.54, 1.807) is 6.92 Å². The molecule has 3 rings (SSSR count). The molecule has 0 aliphatic heterocycles. The molecule has 1 aromatic carbocycles. The van der Waals surface area contributed by atoms with Crippen LogP contribution in [0.25, 0.3) is 0 Å². The summed E-state index contributed by atoms with van der Waals surface area (Å²) in [5, 5.41) is 2.92. The molecule has 1 heterocycles. The Morgan fingerprint density at radius 2 is 1.89 bits per heavy atom. The van der Waals surface area contributed by atoms with Gasteiger partial charge in [-0.05, 0) is 63.6 Å². The minimum absolute atomic E-state index is 0.319. The maximum absolute atomic E-state index is 12.6. The Morgan fingerprint density at radius 3 is 2.54 bits per heavy atom. The molecule has 28 heavy (non-hydrogen) atoms. The zero-order valence-electron chi connectivity index (χ0n) is 17.4. The Bertz CT molecular complexity index is 880. The van der Waals surface area contributed by atoms with Crippen molar-refractivity contribution >= 4 is 17.6 Å². The number of benzene rings is 1. The van der Waals surface area contributed by atoms with Crippen molar-refractivity contribution in [2.45, 2.75) is 71.9 Å². The predicted octanol–water partition coefficient (Wildman–Crippen LogP) is 5.14. The molecule has 2 atom stereocenters. The Balaban J connectivity index is 1.68. The molecular weight excluding hydrogens is 352 g/mol. The smallest absolute Gasteiger partial charge is 0.340 e. The van der Waals surface area contributed by atoms with Crippen LogP contribution in [0.15, 0.2) is 30.3 Å². The lowest BCUT2D eigenvalue weighted by Crippen LogP contribution is -2.30. The van der Waals surface area contributed by atoms with Crippen LogP contribution in [0.2, 0.25) is 0 Å². The number of nitrogens with one attached hydrogen (secondary N) is 1. The first-order chi connectivity index (χ1) is 13.3. The molecule has 1 amide bonds. The van der Waals surface area contributed by atoms with E-state index in [0.29, 0.717) is 17.5 Å². The second kappa shape index (κ2) is 8.21. The van der Waals surface area contributed by atoms with Crippen molar-refractivity contribution in [3.05, 3.63) is 52.8 Å². The van der Waals surface area contributed by atoms with E-state index in [9.17, 15) is 9.59 Å². The number of carbonyl (C=O) groups excluding carboxylic acids is 2. The first-order valence-electron chi connectivity index (χ1n) is 10.1. The van der Waals surface area contributed by atoms with E-state index in [0.717, 1.165) is 41.9 Å². The third-order valence-corrected chi connectivity index (χ3v) is 5.63. The maximum atomic E-state index is 12.6. The molecule has 1 aliphatic rings. The normalized spacial score (nSPS) is 15.8. The minimum atomic E-state index is -0.874. The molecular formula is C23H30N2O3. The Kier molecular flexibility index (Phi) is 5.92. The molecule has 0 radical (unpaired) electrons. The van der Waals surface area contributed by atoms with Gasteiger partial charge in [0.1, 0.15) is 0 Å². The third-order valence-electron chi connectivity index (χ3n) is 5.63. The lowest BCUT2D eigenvalue weighted by atomic mass is 9.97. The Morgan fingerprint density at radius 1 is 1.21 bits per heavy atom. The lowest BCUT2D eigenvalue weighted by molar-refractivity contribution is -0.123. The fraction of sp³-hybridized carbons (Fsp3) is 0.478. The van der Waals surface area contributed by atoms with Gasteiger partial charge < -0.3 is 14.6 Å². The second-order valence-corrected chi connectivity index (χ2v) is 7.82. The van der Waals surface area contributed by atoms with Gasteiger partial charge in [-0.15, -0.1) is 0 Å². The van der Waals surface area contributed by atoms with Crippen LogP contribution in [0.4, 0.5) is 5.69 Å². The molecule has 1 saturated carbocycles. The number of nitrogens with zero attached hydrogens (tertiary/aromatic N) is 1. The van der Waals surface area contributed by atoms with Crippen LogP contribution in [0.3, 0.4) is 0 Å². The van der Waals surface area contributed by atoms with Crippen LogP contribution in [-0.2, 0) is 9.53 Å². The van der Waals surface area contributed by atoms with Gasteiger partial charge in [-0.2, -0.15) is 0 Å². The van der Waals surface area contributed by atoms with E-state index in [4.69, 9.17) is 4.74 Å². The second-order valence-electron chi connectivity index (χ2n) is 7.82. The summed E-state index contributed by atoms with van der Waals surface area (Å²) in [6.07, 6.45) is 2.41. The Labute approximate surface area is 167 Å². The van der Waals surface area contributed by atoms with Gasteiger partial charge in [0, 0.05) is 23.1 Å². The molecule has 1 N–H and O–H groups in total. The first kappa shape index (κ1) is 20.2. The van der Waals surface area contributed by atoms with Crippen molar-refractivity contribution in [2.24, 2.45) is 0 Å². The van der Waals surface area contributed by atoms with Crippen molar-refractivity contribution in [2.75, 3.05) is 5.32 Å². The molecule has 2 aromatic rings. The highest BCUT2D eigenvalue weighted by Crippen LogP contribution is 2.38. The molecule has 1 aliphatic carbocycles. The van der Waals surface area contributed by atoms with E-state index in [1.807, 2.05) is 44.2 Å². The average Bonchev–Trinajstić information content (AvgIpc) is 3.46. The number of hydrogen-bond acceptors (Lipinski definition) is 3. The minimum Gasteiger partial charge on any atom is -0.449 e. The zero-order chi connectivity index (χ0) is 20.4. The van der Waals surface area contributed by atoms with Crippen LogP contribution in [0, 0.1) is 13.8 Å². The summed E-state index contributed by atoms with van der Waals surface area (Å²) in [7, 11) is 0. The van der Waals surface area contributed by atoms with Gasteiger partial charge in [-0.25, -0.2) is 4.79 Å². The van der Waals surface area contributed by atoms with Gasteiger partial charge in [-0.3, -0.25) is 4.79 Å². The third kappa shape index (κ3) is 4.13. The molecule has 5 nitrogen and oxygen atoms in total. The molecule has 150 valence electrons. The van der Waals surface area contributed by atoms with Crippen molar-refractivity contribution in [1.29, 1.82) is 0 Å². The van der Waals surface area contributed by atoms with Crippen LogP contribution in [0.1, 0.15) is 79.3 Å². The number of aryl methyl sites for hydroxylation is 1. The van der Waals surface area contributed by atoms with Gasteiger partial charge in [0.05, 0.1) is 5.56 Å².